The van der Waals surface area contributed by atoms with E-state index in [9.17, 15) is 4.79 Å². The van der Waals surface area contributed by atoms with Crippen LogP contribution in [0.15, 0.2) is 0 Å². The highest BCUT2D eigenvalue weighted by Crippen LogP contribution is 2.36. The first kappa shape index (κ1) is 13.8. The van der Waals surface area contributed by atoms with E-state index in [1.165, 1.54) is 18.6 Å². The molecule has 16 heavy (non-hydrogen) atoms. The van der Waals surface area contributed by atoms with Crippen LogP contribution in [0.2, 0.25) is 0 Å². The Hall–Kier alpha value is -0.220. The third kappa shape index (κ3) is 5.21. The molecule has 94 valence electrons. The lowest BCUT2D eigenvalue weighted by Gasteiger charge is -2.22. The lowest BCUT2D eigenvalue weighted by Crippen LogP contribution is -2.36. The SMILES string of the molecule is CC(N)CCCC(=O)NCC1(C)CCCS1. The maximum Gasteiger partial charge on any atom is 0.220 e. The van der Waals surface area contributed by atoms with Gasteiger partial charge in [-0.25, -0.2) is 0 Å². The Kier molecular flexibility index (Phi) is 5.62. The molecule has 2 atom stereocenters. The standard InChI is InChI=1S/C12H24N2OS/c1-10(13)5-3-6-11(15)14-9-12(2)7-4-8-16-12/h10H,3-9,13H2,1-2H3,(H,14,15). The topological polar surface area (TPSA) is 55.1 Å². The fourth-order valence-corrected chi connectivity index (χ4v) is 3.18. The van der Waals surface area contributed by atoms with Crippen LogP contribution in [0, 0.1) is 0 Å². The summed E-state index contributed by atoms with van der Waals surface area (Å²) in [6.45, 7) is 5.04. The molecule has 1 saturated heterocycles. The molecule has 2 unspecified atom stereocenters. The number of hydrogen-bond donors (Lipinski definition) is 2. The molecule has 0 spiro atoms. The maximum atomic E-state index is 11.6. The lowest BCUT2D eigenvalue weighted by atomic mass is 10.1. The summed E-state index contributed by atoms with van der Waals surface area (Å²) in [5.74, 6) is 1.41. The summed E-state index contributed by atoms with van der Waals surface area (Å²) < 4.78 is 0.275. The molecule has 3 N–H and O–H groups in total. The summed E-state index contributed by atoms with van der Waals surface area (Å²) >= 11 is 1.98. The Morgan fingerprint density at radius 1 is 1.62 bits per heavy atom. The maximum absolute atomic E-state index is 11.6. The van der Waals surface area contributed by atoms with Crippen LogP contribution in [0.3, 0.4) is 0 Å². The van der Waals surface area contributed by atoms with E-state index in [4.69, 9.17) is 5.73 Å². The van der Waals surface area contributed by atoms with Crippen LogP contribution in [0.1, 0.15) is 46.0 Å². The Bertz CT molecular complexity index is 225. The summed E-state index contributed by atoms with van der Waals surface area (Å²) in [6.07, 6.45) is 4.94. The molecule has 0 aromatic carbocycles. The van der Waals surface area contributed by atoms with Crippen molar-refractivity contribution in [1.82, 2.24) is 5.32 Å². The molecule has 0 saturated carbocycles. The van der Waals surface area contributed by atoms with E-state index in [-0.39, 0.29) is 16.7 Å². The number of hydrogen-bond acceptors (Lipinski definition) is 3. The first-order chi connectivity index (χ1) is 7.52. The van der Waals surface area contributed by atoms with Gasteiger partial charge in [-0.05, 0) is 45.3 Å². The first-order valence-corrected chi connectivity index (χ1v) is 7.17. The van der Waals surface area contributed by atoms with Gasteiger partial charge < -0.3 is 11.1 Å². The lowest BCUT2D eigenvalue weighted by molar-refractivity contribution is -0.121. The van der Waals surface area contributed by atoms with Gasteiger partial charge in [0, 0.05) is 23.8 Å². The quantitative estimate of drug-likeness (QED) is 0.750. The van der Waals surface area contributed by atoms with Crippen LogP contribution in [0.4, 0.5) is 0 Å². The number of rotatable bonds is 6. The van der Waals surface area contributed by atoms with Crippen molar-refractivity contribution in [1.29, 1.82) is 0 Å². The van der Waals surface area contributed by atoms with E-state index in [1.54, 1.807) is 0 Å². The zero-order chi connectivity index (χ0) is 12.0. The molecule has 1 aliphatic heterocycles. The van der Waals surface area contributed by atoms with E-state index in [0.29, 0.717) is 6.42 Å². The summed E-state index contributed by atoms with van der Waals surface area (Å²) in [5, 5.41) is 3.04. The van der Waals surface area contributed by atoms with Gasteiger partial charge in [0.05, 0.1) is 0 Å². The van der Waals surface area contributed by atoms with Gasteiger partial charge in [0.1, 0.15) is 0 Å². The third-order valence-electron chi connectivity index (χ3n) is 3.02. The van der Waals surface area contributed by atoms with Crippen molar-refractivity contribution in [2.75, 3.05) is 12.3 Å². The average Bonchev–Trinajstić information content (AvgIpc) is 2.62. The van der Waals surface area contributed by atoms with Crippen molar-refractivity contribution >= 4 is 17.7 Å². The fraction of sp³-hybridized carbons (Fsp3) is 0.917. The molecule has 4 heteroatoms. The van der Waals surface area contributed by atoms with Crippen LogP contribution >= 0.6 is 11.8 Å². The molecule has 3 nitrogen and oxygen atoms in total. The second-order valence-electron chi connectivity index (χ2n) is 5.05. The highest BCUT2D eigenvalue weighted by Gasteiger charge is 2.29. The summed E-state index contributed by atoms with van der Waals surface area (Å²) in [6, 6.07) is 0.204. The highest BCUT2D eigenvalue weighted by molar-refractivity contribution is 8.00. The monoisotopic (exact) mass is 244 g/mol. The van der Waals surface area contributed by atoms with E-state index < -0.39 is 0 Å². The average molecular weight is 244 g/mol. The summed E-state index contributed by atoms with van der Waals surface area (Å²) in [4.78, 5) is 11.6. The highest BCUT2D eigenvalue weighted by atomic mass is 32.2. The van der Waals surface area contributed by atoms with Crippen molar-refractivity contribution in [2.45, 2.75) is 56.7 Å². The molecule has 0 aliphatic carbocycles. The van der Waals surface area contributed by atoms with Crippen LogP contribution in [-0.2, 0) is 4.79 Å². The van der Waals surface area contributed by atoms with Crippen molar-refractivity contribution in [2.24, 2.45) is 5.73 Å². The first-order valence-electron chi connectivity index (χ1n) is 6.18. The summed E-state index contributed by atoms with van der Waals surface area (Å²) in [5.41, 5.74) is 5.64. The number of carbonyl (C=O) groups excluding carboxylic acids is 1. The normalized spacial score (nSPS) is 26.7. The zero-order valence-corrected chi connectivity index (χ0v) is 11.2. The molecule has 1 rings (SSSR count). The Morgan fingerprint density at radius 2 is 2.38 bits per heavy atom. The zero-order valence-electron chi connectivity index (χ0n) is 10.4. The smallest absolute Gasteiger partial charge is 0.220 e. The third-order valence-corrected chi connectivity index (χ3v) is 4.56. The second kappa shape index (κ2) is 6.50. The molecule has 0 bridgehead atoms. The van der Waals surface area contributed by atoms with Crippen LogP contribution < -0.4 is 11.1 Å². The Balaban J connectivity index is 2.10. The largest absolute Gasteiger partial charge is 0.355 e. The number of nitrogens with two attached hydrogens (primary N) is 1. The number of thioether (sulfide) groups is 1. The van der Waals surface area contributed by atoms with E-state index in [0.717, 1.165) is 19.4 Å². The Labute approximate surface area is 103 Å². The van der Waals surface area contributed by atoms with Crippen LogP contribution in [-0.4, -0.2) is 29.0 Å². The van der Waals surface area contributed by atoms with E-state index in [2.05, 4.69) is 12.2 Å². The summed E-state index contributed by atoms with van der Waals surface area (Å²) in [7, 11) is 0. The predicted octanol–water partition coefficient (Wildman–Crippen LogP) is 1.91. The molecule has 0 aromatic rings. The van der Waals surface area contributed by atoms with Crippen LogP contribution in [0.25, 0.3) is 0 Å². The Morgan fingerprint density at radius 3 is 2.94 bits per heavy atom. The second-order valence-corrected chi connectivity index (χ2v) is 6.73. The van der Waals surface area contributed by atoms with Gasteiger partial charge in [-0.1, -0.05) is 0 Å². The van der Waals surface area contributed by atoms with Gasteiger partial charge in [0.2, 0.25) is 5.91 Å². The van der Waals surface area contributed by atoms with Crippen molar-refractivity contribution in [3.05, 3.63) is 0 Å². The van der Waals surface area contributed by atoms with Crippen molar-refractivity contribution in [3.63, 3.8) is 0 Å². The number of amides is 1. The molecule has 0 radical (unpaired) electrons. The minimum atomic E-state index is 0.175. The number of carbonyl (C=O) groups is 1. The van der Waals surface area contributed by atoms with Gasteiger partial charge in [0.15, 0.2) is 0 Å². The fourth-order valence-electron chi connectivity index (χ4n) is 1.93. The molecular formula is C12H24N2OS. The van der Waals surface area contributed by atoms with Crippen LogP contribution in [0.5, 0.6) is 0 Å². The number of nitrogens with one attached hydrogen (secondary N) is 1. The minimum absolute atomic E-state index is 0.175. The minimum Gasteiger partial charge on any atom is -0.355 e. The molecule has 0 aromatic heterocycles. The molecular weight excluding hydrogens is 220 g/mol. The van der Waals surface area contributed by atoms with E-state index >= 15 is 0 Å². The van der Waals surface area contributed by atoms with Gasteiger partial charge in [-0.15, -0.1) is 0 Å². The van der Waals surface area contributed by atoms with Gasteiger partial charge in [-0.2, -0.15) is 11.8 Å². The van der Waals surface area contributed by atoms with Gasteiger partial charge in [0.25, 0.3) is 0 Å². The molecule has 1 fully saturated rings. The van der Waals surface area contributed by atoms with Crippen molar-refractivity contribution in [3.8, 4) is 0 Å². The predicted molar refractivity (Wildman–Crippen MR) is 70.6 cm³/mol. The van der Waals surface area contributed by atoms with Gasteiger partial charge in [-0.3, -0.25) is 4.79 Å². The van der Waals surface area contributed by atoms with Crippen molar-refractivity contribution < 1.29 is 4.79 Å². The molecule has 1 aliphatic rings. The van der Waals surface area contributed by atoms with Gasteiger partial charge >= 0.3 is 0 Å². The van der Waals surface area contributed by atoms with E-state index in [1.807, 2.05) is 18.7 Å². The molecule has 1 amide bonds. The molecule has 1 heterocycles.